The third-order valence-corrected chi connectivity index (χ3v) is 2.49. The molecule has 0 aliphatic rings. The number of carbonyl (C=O) groups is 2. The topological polar surface area (TPSA) is 69.2 Å². The average Bonchev–Trinajstić information content (AvgIpc) is 2.24. The fourth-order valence-electron chi connectivity index (χ4n) is 1.51. The Labute approximate surface area is 101 Å². The lowest BCUT2D eigenvalue weighted by Gasteiger charge is -2.23. The predicted molar refractivity (Wildman–Crippen MR) is 62.3 cm³/mol. The summed E-state index contributed by atoms with van der Waals surface area (Å²) in [6.07, 6.45) is 0. The van der Waals surface area contributed by atoms with Crippen LogP contribution >= 0.6 is 0 Å². The van der Waals surface area contributed by atoms with Crippen LogP contribution in [0, 0.1) is 12.8 Å². The van der Waals surface area contributed by atoms with E-state index in [0.717, 1.165) is 5.56 Å². The van der Waals surface area contributed by atoms with Crippen LogP contribution in [0.5, 0.6) is 0 Å². The molecular weight excluding hydrogens is 218 g/mol. The van der Waals surface area contributed by atoms with Gasteiger partial charge in [0.05, 0.1) is 12.0 Å². The summed E-state index contributed by atoms with van der Waals surface area (Å²) in [6, 6.07) is 6.02. The van der Waals surface area contributed by atoms with E-state index in [1.54, 1.807) is 32.0 Å². The number of benzene rings is 1. The second-order valence-corrected chi connectivity index (χ2v) is 4.38. The monoisotopic (exact) mass is 234 g/mol. The molecule has 0 bridgehead atoms. The van der Waals surface area contributed by atoms with E-state index in [1.165, 1.54) is 0 Å². The van der Waals surface area contributed by atoms with E-state index in [4.69, 9.17) is 0 Å². The lowest BCUT2D eigenvalue weighted by Crippen LogP contribution is -2.50. The van der Waals surface area contributed by atoms with Crippen LogP contribution in [0.4, 0.5) is 0 Å². The highest BCUT2D eigenvalue weighted by Gasteiger charge is 2.17. The highest BCUT2D eigenvalue weighted by atomic mass is 16.4. The number of amides is 1. The zero-order valence-electron chi connectivity index (χ0n) is 10.2. The minimum Gasteiger partial charge on any atom is -0.548 e. The fourth-order valence-corrected chi connectivity index (χ4v) is 1.51. The van der Waals surface area contributed by atoms with Crippen LogP contribution in [-0.4, -0.2) is 17.9 Å². The number of carboxylic acid groups (broad SMARTS) is 1. The number of hydrogen-bond acceptors (Lipinski definition) is 3. The molecule has 0 aliphatic heterocycles. The highest BCUT2D eigenvalue weighted by Crippen LogP contribution is 2.06. The largest absolute Gasteiger partial charge is 0.548 e. The first-order valence-corrected chi connectivity index (χ1v) is 5.50. The maximum Gasteiger partial charge on any atom is 0.251 e. The van der Waals surface area contributed by atoms with Crippen molar-refractivity contribution in [3.05, 3.63) is 35.4 Å². The van der Waals surface area contributed by atoms with Crippen molar-refractivity contribution in [3.8, 4) is 0 Å². The Kier molecular flexibility index (Phi) is 4.26. The van der Waals surface area contributed by atoms with E-state index in [0.29, 0.717) is 5.56 Å². The quantitative estimate of drug-likeness (QED) is 0.824. The number of aryl methyl sites for hydroxylation is 1. The molecule has 92 valence electrons. The molecule has 1 N–H and O–H groups in total. The normalized spacial score (nSPS) is 12.2. The summed E-state index contributed by atoms with van der Waals surface area (Å²) in [5.74, 6) is -1.87. The van der Waals surface area contributed by atoms with Gasteiger partial charge in [0.1, 0.15) is 0 Å². The van der Waals surface area contributed by atoms with Crippen molar-refractivity contribution in [1.82, 2.24) is 5.32 Å². The van der Waals surface area contributed by atoms with Gasteiger partial charge in [0, 0.05) is 5.56 Å². The molecule has 0 spiro atoms. The maximum atomic E-state index is 11.8. The minimum atomic E-state index is -1.26. The molecule has 17 heavy (non-hydrogen) atoms. The summed E-state index contributed by atoms with van der Waals surface area (Å²) in [7, 11) is 0. The third kappa shape index (κ3) is 3.59. The van der Waals surface area contributed by atoms with Crippen molar-refractivity contribution in [1.29, 1.82) is 0 Å². The van der Waals surface area contributed by atoms with Gasteiger partial charge in [-0.2, -0.15) is 0 Å². The smallest absolute Gasteiger partial charge is 0.251 e. The molecule has 0 heterocycles. The van der Waals surface area contributed by atoms with Crippen molar-refractivity contribution < 1.29 is 14.7 Å². The van der Waals surface area contributed by atoms with E-state index in [-0.39, 0.29) is 5.92 Å². The van der Waals surface area contributed by atoms with Crippen molar-refractivity contribution in [3.63, 3.8) is 0 Å². The summed E-state index contributed by atoms with van der Waals surface area (Å²) in [4.78, 5) is 22.7. The molecule has 0 aliphatic carbocycles. The van der Waals surface area contributed by atoms with Gasteiger partial charge in [0.25, 0.3) is 5.91 Å². The second-order valence-electron chi connectivity index (χ2n) is 4.38. The van der Waals surface area contributed by atoms with Crippen LogP contribution < -0.4 is 10.4 Å². The number of hydrogen-bond donors (Lipinski definition) is 1. The van der Waals surface area contributed by atoms with Crippen molar-refractivity contribution in [2.45, 2.75) is 26.8 Å². The number of nitrogens with one attached hydrogen (secondary N) is 1. The molecule has 0 unspecified atom stereocenters. The lowest BCUT2D eigenvalue weighted by atomic mass is 10.0. The Morgan fingerprint density at radius 1 is 1.29 bits per heavy atom. The van der Waals surface area contributed by atoms with Crippen molar-refractivity contribution >= 4 is 11.9 Å². The van der Waals surface area contributed by atoms with Crippen LogP contribution in [0.2, 0.25) is 0 Å². The molecular formula is C13H16NO3-. The summed E-state index contributed by atoms with van der Waals surface area (Å²) < 4.78 is 0. The zero-order chi connectivity index (χ0) is 13.0. The Hall–Kier alpha value is -1.84. The lowest BCUT2D eigenvalue weighted by molar-refractivity contribution is -0.309. The molecule has 0 saturated heterocycles. The molecule has 1 rings (SSSR count). The number of rotatable bonds is 4. The number of aliphatic carboxylic acids is 1. The van der Waals surface area contributed by atoms with Gasteiger partial charge in [-0.3, -0.25) is 4.79 Å². The molecule has 1 atom stereocenters. The maximum absolute atomic E-state index is 11.8. The van der Waals surface area contributed by atoms with Crippen LogP contribution in [0.3, 0.4) is 0 Å². The first-order valence-electron chi connectivity index (χ1n) is 5.50. The summed E-state index contributed by atoms with van der Waals surface area (Å²) >= 11 is 0. The van der Waals surface area contributed by atoms with Gasteiger partial charge in [-0.1, -0.05) is 31.5 Å². The first kappa shape index (κ1) is 13.2. The zero-order valence-corrected chi connectivity index (χ0v) is 10.2. The number of carboxylic acids is 1. The fraction of sp³-hybridized carbons (Fsp3) is 0.385. The molecule has 1 aromatic carbocycles. The summed E-state index contributed by atoms with van der Waals surface area (Å²) in [6.45, 7) is 5.31. The summed E-state index contributed by atoms with van der Waals surface area (Å²) in [5.41, 5.74) is 1.41. The molecule has 0 aromatic heterocycles. The standard InChI is InChI=1S/C13H17NO3/c1-8(2)11(13(16)17)14-12(15)10-6-4-5-9(3)7-10/h4-8,11H,1-3H3,(H,14,15)(H,16,17)/p-1/t11-/m0/s1. The van der Waals surface area contributed by atoms with Gasteiger partial charge in [0.15, 0.2) is 0 Å². The van der Waals surface area contributed by atoms with Gasteiger partial charge in [-0.05, 0) is 25.0 Å². The van der Waals surface area contributed by atoms with E-state index < -0.39 is 17.9 Å². The van der Waals surface area contributed by atoms with Crippen LogP contribution in [0.15, 0.2) is 24.3 Å². The van der Waals surface area contributed by atoms with Gasteiger partial charge < -0.3 is 15.2 Å². The number of carbonyl (C=O) groups excluding carboxylic acids is 2. The Morgan fingerprint density at radius 3 is 2.41 bits per heavy atom. The van der Waals surface area contributed by atoms with Gasteiger partial charge in [-0.15, -0.1) is 0 Å². The van der Waals surface area contributed by atoms with Crippen LogP contribution in [0.25, 0.3) is 0 Å². The predicted octanol–water partition coefficient (Wildman–Crippen LogP) is 0.499. The van der Waals surface area contributed by atoms with Gasteiger partial charge >= 0.3 is 0 Å². The third-order valence-electron chi connectivity index (χ3n) is 2.49. The van der Waals surface area contributed by atoms with E-state index >= 15 is 0 Å². The molecule has 0 fully saturated rings. The van der Waals surface area contributed by atoms with Crippen LogP contribution in [0.1, 0.15) is 29.8 Å². The molecule has 1 aromatic rings. The minimum absolute atomic E-state index is 0.214. The molecule has 1 amide bonds. The highest BCUT2D eigenvalue weighted by molar-refractivity contribution is 5.96. The van der Waals surface area contributed by atoms with E-state index in [1.807, 2.05) is 13.0 Å². The van der Waals surface area contributed by atoms with E-state index in [9.17, 15) is 14.7 Å². The molecule has 4 nitrogen and oxygen atoms in total. The first-order chi connectivity index (χ1) is 7.91. The van der Waals surface area contributed by atoms with Crippen LogP contribution in [-0.2, 0) is 4.79 Å². The Bertz CT molecular complexity index is 426. The average molecular weight is 234 g/mol. The molecule has 0 saturated carbocycles. The van der Waals surface area contributed by atoms with Crippen molar-refractivity contribution in [2.75, 3.05) is 0 Å². The Morgan fingerprint density at radius 2 is 1.94 bits per heavy atom. The summed E-state index contributed by atoms with van der Waals surface area (Å²) in [5, 5.41) is 13.3. The Balaban J connectivity index is 2.81. The van der Waals surface area contributed by atoms with Crippen molar-refractivity contribution in [2.24, 2.45) is 5.92 Å². The van der Waals surface area contributed by atoms with Gasteiger partial charge in [-0.25, -0.2) is 0 Å². The molecule has 4 heteroatoms. The molecule has 0 radical (unpaired) electrons. The van der Waals surface area contributed by atoms with E-state index in [2.05, 4.69) is 5.32 Å². The SMILES string of the molecule is Cc1cccc(C(=O)N[C@H](C(=O)[O-])C(C)C)c1. The van der Waals surface area contributed by atoms with Gasteiger partial charge in [0.2, 0.25) is 0 Å². The second kappa shape index (κ2) is 5.48.